The van der Waals surface area contributed by atoms with Crippen molar-refractivity contribution in [3.05, 3.63) is 34.9 Å². The first kappa shape index (κ1) is 11.4. The molecular formula is C15H20O. The highest BCUT2D eigenvalue weighted by Crippen LogP contribution is 2.29. The Morgan fingerprint density at radius 3 is 2.62 bits per heavy atom. The summed E-state index contributed by atoms with van der Waals surface area (Å²) in [6.07, 6.45) is 4.46. The largest absolute Gasteiger partial charge is 0.294 e. The maximum Gasteiger partial charge on any atom is 0.168 e. The van der Waals surface area contributed by atoms with Gasteiger partial charge in [-0.2, -0.15) is 0 Å². The standard InChI is InChI=1S/C15H20O/c1-4-15(2,3)14(16)13-9-8-11-6-5-7-12(11)10-13/h8-10H,4-7H2,1-3H3. The van der Waals surface area contributed by atoms with Crippen molar-refractivity contribution >= 4 is 5.78 Å². The molecule has 2 rings (SSSR count). The lowest BCUT2D eigenvalue weighted by Crippen LogP contribution is -2.23. The van der Waals surface area contributed by atoms with Gasteiger partial charge in [0.2, 0.25) is 0 Å². The van der Waals surface area contributed by atoms with E-state index in [4.69, 9.17) is 0 Å². The first-order valence-corrected chi connectivity index (χ1v) is 6.21. The van der Waals surface area contributed by atoms with Crippen molar-refractivity contribution in [1.29, 1.82) is 0 Å². The third kappa shape index (κ3) is 1.91. The van der Waals surface area contributed by atoms with E-state index in [2.05, 4.69) is 19.1 Å². The van der Waals surface area contributed by atoms with Gasteiger partial charge in [0.1, 0.15) is 0 Å². The number of hydrogen-bond donors (Lipinski definition) is 0. The van der Waals surface area contributed by atoms with Gasteiger partial charge in [0, 0.05) is 11.0 Å². The lowest BCUT2D eigenvalue weighted by atomic mass is 9.81. The molecule has 0 heterocycles. The van der Waals surface area contributed by atoms with Crippen LogP contribution >= 0.6 is 0 Å². The Kier molecular flexibility index (Phi) is 2.88. The van der Waals surface area contributed by atoms with E-state index >= 15 is 0 Å². The minimum atomic E-state index is -0.229. The molecule has 0 radical (unpaired) electrons. The van der Waals surface area contributed by atoms with Crippen LogP contribution in [0.3, 0.4) is 0 Å². The summed E-state index contributed by atoms with van der Waals surface area (Å²) in [6.45, 7) is 6.14. The summed E-state index contributed by atoms with van der Waals surface area (Å²) in [6, 6.07) is 6.26. The second kappa shape index (κ2) is 4.04. The fourth-order valence-electron chi connectivity index (χ4n) is 2.26. The normalized spacial score (nSPS) is 14.9. The number of hydrogen-bond acceptors (Lipinski definition) is 1. The summed E-state index contributed by atoms with van der Waals surface area (Å²) >= 11 is 0. The molecule has 0 aromatic heterocycles. The molecule has 0 fully saturated rings. The summed E-state index contributed by atoms with van der Waals surface area (Å²) in [7, 11) is 0. The first-order chi connectivity index (χ1) is 7.54. The second-order valence-corrected chi connectivity index (χ2v) is 5.40. The van der Waals surface area contributed by atoms with E-state index in [1.54, 1.807) is 0 Å². The third-order valence-corrected chi connectivity index (χ3v) is 3.86. The van der Waals surface area contributed by atoms with Gasteiger partial charge in [0.25, 0.3) is 0 Å². The average molecular weight is 216 g/mol. The molecule has 86 valence electrons. The van der Waals surface area contributed by atoms with Gasteiger partial charge in [0.15, 0.2) is 5.78 Å². The fourth-order valence-corrected chi connectivity index (χ4v) is 2.26. The summed E-state index contributed by atoms with van der Waals surface area (Å²) < 4.78 is 0. The Labute approximate surface area is 97.9 Å². The quantitative estimate of drug-likeness (QED) is 0.702. The molecule has 1 heteroatoms. The van der Waals surface area contributed by atoms with Crippen LogP contribution in [0.2, 0.25) is 0 Å². The zero-order chi connectivity index (χ0) is 11.8. The van der Waals surface area contributed by atoms with Gasteiger partial charge in [-0.15, -0.1) is 0 Å². The van der Waals surface area contributed by atoms with Gasteiger partial charge < -0.3 is 0 Å². The maximum absolute atomic E-state index is 12.3. The molecule has 1 aliphatic rings. The predicted molar refractivity (Wildman–Crippen MR) is 66.9 cm³/mol. The molecule has 1 nitrogen and oxygen atoms in total. The number of carbonyl (C=O) groups excluding carboxylic acids is 1. The number of rotatable bonds is 3. The van der Waals surface area contributed by atoms with Crippen LogP contribution in [0.5, 0.6) is 0 Å². The number of fused-ring (bicyclic) bond motifs is 1. The van der Waals surface area contributed by atoms with Crippen molar-refractivity contribution < 1.29 is 4.79 Å². The van der Waals surface area contributed by atoms with Crippen LogP contribution in [0.15, 0.2) is 18.2 Å². The van der Waals surface area contributed by atoms with Crippen molar-refractivity contribution in [1.82, 2.24) is 0 Å². The molecule has 0 saturated carbocycles. The minimum absolute atomic E-state index is 0.229. The molecule has 0 amide bonds. The average Bonchev–Trinajstić information content (AvgIpc) is 2.74. The number of carbonyl (C=O) groups is 1. The van der Waals surface area contributed by atoms with Gasteiger partial charge in [-0.05, 0) is 42.9 Å². The monoisotopic (exact) mass is 216 g/mol. The van der Waals surface area contributed by atoms with Gasteiger partial charge in [-0.1, -0.05) is 32.9 Å². The number of ketones is 1. The smallest absolute Gasteiger partial charge is 0.168 e. The van der Waals surface area contributed by atoms with Crippen LogP contribution in [-0.4, -0.2) is 5.78 Å². The Morgan fingerprint density at radius 2 is 1.94 bits per heavy atom. The zero-order valence-electron chi connectivity index (χ0n) is 10.5. The van der Waals surface area contributed by atoms with Crippen LogP contribution < -0.4 is 0 Å². The Balaban J connectivity index is 2.32. The number of Topliss-reactive ketones (excluding diaryl/α,β-unsaturated/α-hetero) is 1. The van der Waals surface area contributed by atoms with Crippen molar-refractivity contribution in [3.8, 4) is 0 Å². The lowest BCUT2D eigenvalue weighted by Gasteiger charge is -2.21. The van der Waals surface area contributed by atoms with Crippen molar-refractivity contribution in [2.75, 3.05) is 0 Å². The number of benzene rings is 1. The lowest BCUT2D eigenvalue weighted by molar-refractivity contribution is 0.0833. The van der Waals surface area contributed by atoms with Crippen LogP contribution in [0, 0.1) is 5.41 Å². The van der Waals surface area contributed by atoms with Crippen LogP contribution in [0.1, 0.15) is 55.1 Å². The molecule has 0 N–H and O–H groups in total. The third-order valence-electron chi connectivity index (χ3n) is 3.86. The van der Waals surface area contributed by atoms with E-state index in [0.29, 0.717) is 0 Å². The van der Waals surface area contributed by atoms with Crippen molar-refractivity contribution in [3.63, 3.8) is 0 Å². The van der Waals surface area contributed by atoms with E-state index in [0.717, 1.165) is 18.4 Å². The highest BCUT2D eigenvalue weighted by Gasteiger charge is 2.27. The number of aryl methyl sites for hydroxylation is 2. The molecular weight excluding hydrogens is 196 g/mol. The topological polar surface area (TPSA) is 17.1 Å². The van der Waals surface area contributed by atoms with E-state index in [-0.39, 0.29) is 11.2 Å². The van der Waals surface area contributed by atoms with Crippen LogP contribution in [0.25, 0.3) is 0 Å². The highest BCUT2D eigenvalue weighted by molar-refractivity contribution is 6.00. The van der Waals surface area contributed by atoms with Gasteiger partial charge >= 0.3 is 0 Å². The molecule has 0 saturated heterocycles. The molecule has 0 atom stereocenters. The van der Waals surface area contributed by atoms with E-state index in [9.17, 15) is 4.79 Å². The zero-order valence-corrected chi connectivity index (χ0v) is 10.5. The van der Waals surface area contributed by atoms with Crippen molar-refractivity contribution in [2.45, 2.75) is 46.5 Å². The van der Waals surface area contributed by atoms with Gasteiger partial charge in [0.05, 0.1) is 0 Å². The van der Waals surface area contributed by atoms with Crippen LogP contribution in [-0.2, 0) is 12.8 Å². The highest BCUT2D eigenvalue weighted by atomic mass is 16.1. The summed E-state index contributed by atoms with van der Waals surface area (Å²) in [5.41, 5.74) is 3.49. The molecule has 1 aromatic rings. The van der Waals surface area contributed by atoms with E-state index in [1.165, 1.54) is 24.0 Å². The van der Waals surface area contributed by atoms with E-state index < -0.39 is 0 Å². The Bertz CT molecular complexity index is 415. The molecule has 16 heavy (non-hydrogen) atoms. The summed E-state index contributed by atoms with van der Waals surface area (Å²) in [5, 5.41) is 0. The Morgan fingerprint density at radius 1 is 1.25 bits per heavy atom. The molecule has 0 unspecified atom stereocenters. The SMILES string of the molecule is CCC(C)(C)C(=O)c1ccc2c(c1)CCC2. The molecule has 1 aromatic carbocycles. The van der Waals surface area contributed by atoms with Crippen molar-refractivity contribution in [2.24, 2.45) is 5.41 Å². The predicted octanol–water partition coefficient (Wildman–Crippen LogP) is 3.79. The first-order valence-electron chi connectivity index (χ1n) is 6.21. The summed E-state index contributed by atoms with van der Waals surface area (Å²) in [5.74, 6) is 0.282. The Hall–Kier alpha value is -1.11. The van der Waals surface area contributed by atoms with E-state index in [1.807, 2.05) is 19.9 Å². The molecule has 0 bridgehead atoms. The second-order valence-electron chi connectivity index (χ2n) is 5.40. The molecule has 0 aliphatic heterocycles. The van der Waals surface area contributed by atoms with Gasteiger partial charge in [-0.25, -0.2) is 0 Å². The molecule has 0 spiro atoms. The maximum atomic E-state index is 12.3. The molecule has 1 aliphatic carbocycles. The summed E-state index contributed by atoms with van der Waals surface area (Å²) in [4.78, 5) is 12.3. The minimum Gasteiger partial charge on any atom is -0.294 e. The fraction of sp³-hybridized carbons (Fsp3) is 0.533. The van der Waals surface area contributed by atoms with Gasteiger partial charge in [-0.3, -0.25) is 4.79 Å². The van der Waals surface area contributed by atoms with Crippen LogP contribution in [0.4, 0.5) is 0 Å².